The molecular formula is C14H12N2O2. The number of carbonyl (C=O) groups is 1. The molecule has 0 fully saturated rings. The van der Waals surface area contributed by atoms with E-state index in [1.165, 1.54) is 6.07 Å². The van der Waals surface area contributed by atoms with Gasteiger partial charge in [-0.15, -0.1) is 0 Å². The van der Waals surface area contributed by atoms with E-state index in [2.05, 4.69) is 0 Å². The van der Waals surface area contributed by atoms with Crippen LogP contribution in [0.3, 0.4) is 0 Å². The van der Waals surface area contributed by atoms with E-state index in [0.717, 1.165) is 0 Å². The molecule has 4 heteroatoms. The van der Waals surface area contributed by atoms with Crippen molar-refractivity contribution in [3.05, 3.63) is 65.7 Å². The smallest absolute Gasteiger partial charge is 0.343 e. The second kappa shape index (κ2) is 5.14. The maximum absolute atomic E-state index is 11.9. The van der Waals surface area contributed by atoms with Gasteiger partial charge in [0.25, 0.3) is 0 Å². The predicted octanol–water partition coefficient (Wildman–Crippen LogP) is 2.19. The number of hydrogen-bond donors (Lipinski definition) is 2. The van der Waals surface area contributed by atoms with Crippen LogP contribution in [0.1, 0.15) is 15.9 Å². The van der Waals surface area contributed by atoms with Gasteiger partial charge in [-0.25, -0.2) is 4.79 Å². The van der Waals surface area contributed by atoms with Gasteiger partial charge in [-0.3, -0.25) is 5.41 Å². The number of hydrogen-bond acceptors (Lipinski definition) is 3. The first-order chi connectivity index (χ1) is 8.66. The van der Waals surface area contributed by atoms with E-state index in [-0.39, 0.29) is 5.84 Å². The Labute approximate surface area is 105 Å². The Morgan fingerprint density at radius 3 is 2.33 bits per heavy atom. The summed E-state index contributed by atoms with van der Waals surface area (Å²) in [5, 5.41) is 7.32. The molecule has 0 aromatic heterocycles. The summed E-state index contributed by atoms with van der Waals surface area (Å²) in [5.41, 5.74) is 6.23. The third kappa shape index (κ3) is 2.74. The molecule has 2 aromatic rings. The van der Waals surface area contributed by atoms with Crippen LogP contribution in [0.25, 0.3) is 0 Å². The van der Waals surface area contributed by atoms with Crippen LogP contribution in [0.5, 0.6) is 5.75 Å². The molecule has 0 atom stereocenters. The molecule has 0 heterocycles. The standard InChI is InChI=1S/C14H12N2O2/c15-13(16)10-5-4-6-11(9-10)14(17)18-12-7-2-1-3-8-12/h1-9H,(H3,15,16). The van der Waals surface area contributed by atoms with E-state index < -0.39 is 5.97 Å². The Morgan fingerprint density at radius 1 is 1.00 bits per heavy atom. The summed E-state index contributed by atoms with van der Waals surface area (Å²) in [6, 6.07) is 15.3. The van der Waals surface area contributed by atoms with Crippen LogP contribution in [0.15, 0.2) is 54.6 Å². The molecule has 90 valence electrons. The van der Waals surface area contributed by atoms with E-state index in [4.69, 9.17) is 15.9 Å². The summed E-state index contributed by atoms with van der Waals surface area (Å²) in [5.74, 6) is -0.0654. The van der Waals surface area contributed by atoms with Gasteiger partial charge in [0.2, 0.25) is 0 Å². The maximum atomic E-state index is 11.9. The number of benzene rings is 2. The molecule has 3 N–H and O–H groups in total. The van der Waals surface area contributed by atoms with Gasteiger partial charge < -0.3 is 10.5 Å². The van der Waals surface area contributed by atoms with Gasteiger partial charge in [-0.1, -0.05) is 30.3 Å². The number of amidine groups is 1. The summed E-state index contributed by atoms with van der Waals surface area (Å²) in [6.07, 6.45) is 0. The highest BCUT2D eigenvalue weighted by Crippen LogP contribution is 2.12. The SMILES string of the molecule is N=C(N)c1cccc(C(=O)Oc2ccccc2)c1. The van der Waals surface area contributed by atoms with E-state index in [9.17, 15) is 4.79 Å². The fourth-order valence-corrected chi connectivity index (χ4v) is 1.47. The molecule has 0 aliphatic rings. The van der Waals surface area contributed by atoms with Gasteiger partial charge in [0, 0.05) is 5.56 Å². The summed E-state index contributed by atoms with van der Waals surface area (Å²) in [7, 11) is 0. The number of nitrogen functional groups attached to an aromatic ring is 1. The van der Waals surface area contributed by atoms with Crippen molar-refractivity contribution in [3.8, 4) is 5.75 Å². The van der Waals surface area contributed by atoms with Crippen LogP contribution in [0.4, 0.5) is 0 Å². The molecule has 2 rings (SSSR count). The van der Waals surface area contributed by atoms with E-state index >= 15 is 0 Å². The Balaban J connectivity index is 2.19. The molecular weight excluding hydrogens is 228 g/mol. The molecule has 0 saturated heterocycles. The Hall–Kier alpha value is -2.62. The second-order valence-corrected chi connectivity index (χ2v) is 3.70. The molecule has 0 amide bonds. The first kappa shape index (κ1) is 11.9. The maximum Gasteiger partial charge on any atom is 0.343 e. The molecule has 0 unspecified atom stereocenters. The Kier molecular flexibility index (Phi) is 3.38. The lowest BCUT2D eigenvalue weighted by atomic mass is 10.1. The highest BCUT2D eigenvalue weighted by atomic mass is 16.5. The monoisotopic (exact) mass is 240 g/mol. The average molecular weight is 240 g/mol. The third-order valence-corrected chi connectivity index (χ3v) is 2.36. The minimum atomic E-state index is -0.468. The summed E-state index contributed by atoms with van der Waals surface area (Å²) in [6.45, 7) is 0. The first-order valence-electron chi connectivity index (χ1n) is 5.38. The van der Waals surface area contributed by atoms with Crippen molar-refractivity contribution in [2.75, 3.05) is 0 Å². The third-order valence-electron chi connectivity index (χ3n) is 2.36. The number of rotatable bonds is 3. The zero-order valence-electron chi connectivity index (χ0n) is 9.59. The molecule has 4 nitrogen and oxygen atoms in total. The van der Waals surface area contributed by atoms with Crippen LogP contribution < -0.4 is 10.5 Å². The lowest BCUT2D eigenvalue weighted by molar-refractivity contribution is 0.0735. The Morgan fingerprint density at radius 2 is 1.67 bits per heavy atom. The highest BCUT2D eigenvalue weighted by molar-refractivity contribution is 5.98. The van der Waals surface area contributed by atoms with Gasteiger partial charge >= 0.3 is 5.97 Å². The van der Waals surface area contributed by atoms with Gasteiger partial charge in [0.05, 0.1) is 5.56 Å². The second-order valence-electron chi connectivity index (χ2n) is 3.70. The molecule has 18 heavy (non-hydrogen) atoms. The minimum absolute atomic E-state index is 0.0793. The fraction of sp³-hybridized carbons (Fsp3) is 0. The molecule has 0 aliphatic heterocycles. The van der Waals surface area contributed by atoms with Crippen molar-refractivity contribution >= 4 is 11.8 Å². The highest BCUT2D eigenvalue weighted by Gasteiger charge is 2.09. The molecule has 0 spiro atoms. The molecule has 2 aromatic carbocycles. The fourth-order valence-electron chi connectivity index (χ4n) is 1.47. The zero-order valence-corrected chi connectivity index (χ0v) is 9.59. The number of nitrogens with two attached hydrogens (primary N) is 1. The topological polar surface area (TPSA) is 76.2 Å². The van der Waals surface area contributed by atoms with Gasteiger partial charge in [-0.2, -0.15) is 0 Å². The van der Waals surface area contributed by atoms with Crippen LogP contribution in [-0.4, -0.2) is 11.8 Å². The normalized spacial score (nSPS) is 9.78. The quantitative estimate of drug-likeness (QED) is 0.373. The van der Waals surface area contributed by atoms with Crippen molar-refractivity contribution in [1.82, 2.24) is 0 Å². The number of para-hydroxylation sites is 1. The number of ether oxygens (including phenoxy) is 1. The van der Waals surface area contributed by atoms with Crippen LogP contribution in [-0.2, 0) is 0 Å². The van der Waals surface area contributed by atoms with Crippen LogP contribution in [0.2, 0.25) is 0 Å². The van der Waals surface area contributed by atoms with Crippen molar-refractivity contribution in [1.29, 1.82) is 5.41 Å². The van der Waals surface area contributed by atoms with E-state index in [1.54, 1.807) is 42.5 Å². The van der Waals surface area contributed by atoms with Crippen molar-refractivity contribution in [2.24, 2.45) is 5.73 Å². The van der Waals surface area contributed by atoms with Gasteiger partial charge in [-0.05, 0) is 24.3 Å². The van der Waals surface area contributed by atoms with Crippen LogP contribution in [0, 0.1) is 5.41 Å². The van der Waals surface area contributed by atoms with Crippen molar-refractivity contribution in [3.63, 3.8) is 0 Å². The summed E-state index contributed by atoms with van der Waals surface area (Å²) >= 11 is 0. The summed E-state index contributed by atoms with van der Waals surface area (Å²) in [4.78, 5) is 11.9. The number of esters is 1. The Bertz CT molecular complexity index is 579. The lowest BCUT2D eigenvalue weighted by Gasteiger charge is -2.05. The zero-order chi connectivity index (χ0) is 13.0. The molecule has 0 radical (unpaired) electrons. The van der Waals surface area contributed by atoms with E-state index in [0.29, 0.717) is 16.9 Å². The first-order valence-corrected chi connectivity index (χ1v) is 5.38. The van der Waals surface area contributed by atoms with Crippen LogP contribution >= 0.6 is 0 Å². The molecule has 0 bridgehead atoms. The minimum Gasteiger partial charge on any atom is -0.423 e. The largest absolute Gasteiger partial charge is 0.423 e. The lowest BCUT2D eigenvalue weighted by Crippen LogP contribution is -2.13. The summed E-state index contributed by atoms with van der Waals surface area (Å²) < 4.78 is 5.18. The van der Waals surface area contributed by atoms with Gasteiger partial charge in [0.1, 0.15) is 11.6 Å². The van der Waals surface area contributed by atoms with E-state index in [1.807, 2.05) is 6.07 Å². The van der Waals surface area contributed by atoms with Crippen molar-refractivity contribution < 1.29 is 9.53 Å². The number of carbonyl (C=O) groups excluding carboxylic acids is 1. The molecule has 0 aliphatic carbocycles. The average Bonchev–Trinajstić information content (AvgIpc) is 2.40. The van der Waals surface area contributed by atoms with Crippen molar-refractivity contribution in [2.45, 2.75) is 0 Å². The predicted molar refractivity (Wildman–Crippen MR) is 68.9 cm³/mol. The molecule has 0 saturated carbocycles. The number of nitrogens with one attached hydrogen (secondary N) is 1. The van der Waals surface area contributed by atoms with Gasteiger partial charge in [0.15, 0.2) is 0 Å².